The van der Waals surface area contributed by atoms with Gasteiger partial charge in [0.2, 0.25) is 0 Å². The minimum atomic E-state index is -0.0350. The van der Waals surface area contributed by atoms with E-state index in [-0.39, 0.29) is 23.9 Å². The quantitative estimate of drug-likeness (QED) is 0.410. The van der Waals surface area contributed by atoms with Crippen molar-refractivity contribution in [2.24, 2.45) is 11.5 Å². The fourth-order valence-corrected chi connectivity index (χ4v) is 3.65. The van der Waals surface area contributed by atoms with Crippen LogP contribution in [0.3, 0.4) is 0 Å². The molecule has 0 spiro atoms. The minimum Gasteiger partial charge on any atom is -0.489 e. The van der Waals surface area contributed by atoms with Gasteiger partial charge in [-0.3, -0.25) is 10.8 Å². The maximum atomic E-state index is 7.47. The van der Waals surface area contributed by atoms with Gasteiger partial charge in [-0.05, 0) is 55.7 Å². The minimum absolute atomic E-state index is 0.0327. The van der Waals surface area contributed by atoms with E-state index >= 15 is 0 Å². The molecule has 0 unspecified atom stereocenters. The monoisotopic (exact) mass is 420 g/mol. The van der Waals surface area contributed by atoms with Crippen LogP contribution in [0.5, 0.6) is 11.5 Å². The predicted molar refractivity (Wildman–Crippen MR) is 112 cm³/mol. The third-order valence-electron chi connectivity index (χ3n) is 4.65. The molecular weight excluding hydrogens is 399 g/mol. The number of halogens is 2. The summed E-state index contributed by atoms with van der Waals surface area (Å²) in [6.45, 7) is 0. The van der Waals surface area contributed by atoms with Crippen LogP contribution >= 0.6 is 23.2 Å². The molecular formula is C20H22Cl2N4O2. The highest BCUT2D eigenvalue weighted by Crippen LogP contribution is 2.33. The van der Waals surface area contributed by atoms with Crippen LogP contribution in [0.15, 0.2) is 36.4 Å². The standard InChI is InChI=1S/C20H22Cl2N4O2/c21-15-8-11(19(23)24)4-6-17(15)27-13-2-1-3-14(10-13)28-18-7-5-12(20(25)26)9-16(18)22/h4-9,13-14H,1-3,10H2,(H3,23,24)(H3,25,26)/t13-,14+. The van der Waals surface area contributed by atoms with Crippen LogP contribution in [0.1, 0.15) is 36.8 Å². The summed E-state index contributed by atoms with van der Waals surface area (Å²) in [6.07, 6.45) is 3.41. The van der Waals surface area contributed by atoms with Gasteiger partial charge >= 0.3 is 0 Å². The van der Waals surface area contributed by atoms with Crippen LogP contribution < -0.4 is 20.9 Å². The Morgan fingerprint density at radius 2 is 1.25 bits per heavy atom. The maximum Gasteiger partial charge on any atom is 0.138 e. The van der Waals surface area contributed by atoms with Crippen molar-refractivity contribution in [1.29, 1.82) is 10.8 Å². The molecule has 1 aliphatic rings. The maximum absolute atomic E-state index is 7.47. The van der Waals surface area contributed by atoms with Gasteiger partial charge in [-0.2, -0.15) is 0 Å². The zero-order chi connectivity index (χ0) is 20.3. The molecule has 148 valence electrons. The lowest BCUT2D eigenvalue weighted by Gasteiger charge is -2.30. The highest BCUT2D eigenvalue weighted by atomic mass is 35.5. The summed E-state index contributed by atoms with van der Waals surface area (Å²) < 4.78 is 12.1. The Balaban J connectivity index is 1.64. The molecule has 3 rings (SSSR count). The third-order valence-corrected chi connectivity index (χ3v) is 5.24. The van der Waals surface area contributed by atoms with Crippen molar-refractivity contribution in [3.05, 3.63) is 57.6 Å². The van der Waals surface area contributed by atoms with Gasteiger partial charge in [-0.15, -0.1) is 0 Å². The normalized spacial score (nSPS) is 19.1. The van der Waals surface area contributed by atoms with Gasteiger partial charge in [0.25, 0.3) is 0 Å². The lowest BCUT2D eigenvalue weighted by Crippen LogP contribution is -2.32. The SMILES string of the molecule is N=C(N)c1ccc(O[C@@H]2CCC[C@H](Oc3ccc(C(=N)N)cc3Cl)C2)c(Cl)c1. The van der Waals surface area contributed by atoms with Gasteiger partial charge in [0.05, 0.1) is 10.0 Å². The first kappa shape index (κ1) is 20.3. The molecule has 6 N–H and O–H groups in total. The van der Waals surface area contributed by atoms with E-state index in [4.69, 9.17) is 55.0 Å². The van der Waals surface area contributed by atoms with Crippen molar-refractivity contribution in [3.63, 3.8) is 0 Å². The highest BCUT2D eigenvalue weighted by Gasteiger charge is 2.26. The second-order valence-corrected chi connectivity index (χ2v) is 7.58. The van der Waals surface area contributed by atoms with E-state index in [1.165, 1.54) is 0 Å². The molecule has 0 aromatic heterocycles. The van der Waals surface area contributed by atoms with Crippen molar-refractivity contribution >= 4 is 34.9 Å². The van der Waals surface area contributed by atoms with Crippen molar-refractivity contribution < 1.29 is 9.47 Å². The lowest BCUT2D eigenvalue weighted by molar-refractivity contribution is 0.0681. The molecule has 0 radical (unpaired) electrons. The van der Waals surface area contributed by atoms with E-state index in [1.54, 1.807) is 36.4 Å². The average molecular weight is 421 g/mol. The number of hydrogen-bond acceptors (Lipinski definition) is 4. The molecule has 2 aromatic carbocycles. The molecule has 0 amide bonds. The molecule has 1 aliphatic carbocycles. The van der Waals surface area contributed by atoms with E-state index in [2.05, 4.69) is 0 Å². The molecule has 1 fully saturated rings. The first-order valence-electron chi connectivity index (χ1n) is 8.94. The number of ether oxygens (including phenoxy) is 2. The zero-order valence-corrected chi connectivity index (χ0v) is 16.7. The van der Waals surface area contributed by atoms with Gasteiger partial charge in [0.15, 0.2) is 0 Å². The molecule has 2 aromatic rings. The molecule has 6 nitrogen and oxygen atoms in total. The van der Waals surface area contributed by atoms with E-state index in [9.17, 15) is 0 Å². The van der Waals surface area contributed by atoms with Crippen LogP contribution in [-0.4, -0.2) is 23.9 Å². The Kier molecular flexibility index (Phi) is 6.31. The Hall–Kier alpha value is -2.44. The fourth-order valence-electron chi connectivity index (χ4n) is 3.20. The van der Waals surface area contributed by atoms with Gasteiger partial charge in [-0.25, -0.2) is 0 Å². The molecule has 1 saturated carbocycles. The lowest BCUT2D eigenvalue weighted by atomic mass is 9.94. The summed E-state index contributed by atoms with van der Waals surface area (Å²) in [4.78, 5) is 0. The van der Waals surface area contributed by atoms with Crippen molar-refractivity contribution in [2.75, 3.05) is 0 Å². The number of nitrogen functional groups attached to an aromatic ring is 2. The number of hydrogen-bond donors (Lipinski definition) is 4. The Morgan fingerprint density at radius 3 is 1.61 bits per heavy atom. The third kappa shape index (κ3) is 4.88. The van der Waals surface area contributed by atoms with Gasteiger partial charge in [-0.1, -0.05) is 23.2 Å². The van der Waals surface area contributed by atoms with Crippen molar-refractivity contribution in [2.45, 2.75) is 37.9 Å². The summed E-state index contributed by atoms with van der Waals surface area (Å²) in [5.74, 6) is 1.07. The summed E-state index contributed by atoms with van der Waals surface area (Å²) >= 11 is 12.5. The van der Waals surface area contributed by atoms with E-state index in [0.29, 0.717) is 39.1 Å². The summed E-state index contributed by atoms with van der Waals surface area (Å²) in [6, 6.07) is 10.2. The van der Waals surface area contributed by atoms with Crippen LogP contribution in [0.4, 0.5) is 0 Å². The first-order chi connectivity index (χ1) is 13.3. The largest absolute Gasteiger partial charge is 0.489 e. The van der Waals surface area contributed by atoms with Crippen LogP contribution in [-0.2, 0) is 0 Å². The molecule has 8 heteroatoms. The van der Waals surface area contributed by atoms with Gasteiger partial charge in [0, 0.05) is 17.5 Å². The zero-order valence-electron chi connectivity index (χ0n) is 15.2. The second-order valence-electron chi connectivity index (χ2n) is 6.76. The molecule has 28 heavy (non-hydrogen) atoms. The van der Waals surface area contributed by atoms with E-state index in [1.807, 2.05) is 0 Å². The van der Waals surface area contributed by atoms with Crippen LogP contribution in [0.2, 0.25) is 10.0 Å². The number of nitrogens with one attached hydrogen (secondary N) is 2. The highest BCUT2D eigenvalue weighted by molar-refractivity contribution is 6.32. The smallest absolute Gasteiger partial charge is 0.138 e. The van der Waals surface area contributed by atoms with Crippen LogP contribution in [0.25, 0.3) is 0 Å². The van der Waals surface area contributed by atoms with Crippen molar-refractivity contribution in [3.8, 4) is 11.5 Å². The second kappa shape index (κ2) is 8.71. The molecule has 0 heterocycles. The Labute approximate surface area is 173 Å². The number of rotatable bonds is 6. The van der Waals surface area contributed by atoms with E-state index < -0.39 is 0 Å². The summed E-state index contributed by atoms with van der Waals surface area (Å²) in [7, 11) is 0. The number of benzene rings is 2. The molecule has 0 bridgehead atoms. The summed E-state index contributed by atoms with van der Waals surface area (Å²) in [5.41, 5.74) is 12.1. The molecule has 0 saturated heterocycles. The predicted octanol–water partition coefficient (Wildman–Crippen LogP) is 4.33. The average Bonchev–Trinajstić information content (AvgIpc) is 2.65. The topological polar surface area (TPSA) is 118 Å². The fraction of sp³-hybridized carbons (Fsp3) is 0.300. The Bertz CT molecular complexity index is 832. The molecule has 2 atom stereocenters. The molecule has 0 aliphatic heterocycles. The van der Waals surface area contributed by atoms with Gasteiger partial charge < -0.3 is 20.9 Å². The Morgan fingerprint density at radius 1 is 0.821 bits per heavy atom. The van der Waals surface area contributed by atoms with Crippen LogP contribution in [0, 0.1) is 10.8 Å². The number of amidine groups is 2. The van der Waals surface area contributed by atoms with Crippen molar-refractivity contribution in [1.82, 2.24) is 0 Å². The summed E-state index contributed by atoms with van der Waals surface area (Å²) in [5, 5.41) is 15.8. The van der Waals surface area contributed by atoms with Gasteiger partial charge in [0.1, 0.15) is 35.4 Å². The van der Waals surface area contributed by atoms with E-state index in [0.717, 1.165) is 19.3 Å². The number of nitrogens with two attached hydrogens (primary N) is 2. The first-order valence-corrected chi connectivity index (χ1v) is 9.70.